The van der Waals surface area contributed by atoms with E-state index in [1.54, 1.807) is 26.0 Å². The van der Waals surface area contributed by atoms with Gasteiger partial charge in [0, 0.05) is 4.90 Å². The van der Waals surface area contributed by atoms with Gasteiger partial charge >= 0.3 is 0 Å². The van der Waals surface area contributed by atoms with Crippen molar-refractivity contribution in [2.45, 2.75) is 4.90 Å². The van der Waals surface area contributed by atoms with Crippen molar-refractivity contribution in [1.29, 1.82) is 0 Å². The van der Waals surface area contributed by atoms with E-state index in [0.717, 1.165) is 17.1 Å². The Bertz CT molecular complexity index is 550. The minimum absolute atomic E-state index is 0.745. The summed E-state index contributed by atoms with van der Waals surface area (Å²) in [7, 11) is 3.28. The molecule has 0 saturated heterocycles. The summed E-state index contributed by atoms with van der Waals surface area (Å²) in [6, 6.07) is 16.1. The van der Waals surface area contributed by atoms with E-state index in [2.05, 4.69) is 23.6 Å². The number of thioether (sulfide) groups is 1. The highest BCUT2D eigenvalue weighted by Crippen LogP contribution is 2.28. The lowest BCUT2D eigenvalue weighted by Crippen LogP contribution is -1.90. The number of rotatable bonds is 5. The van der Waals surface area contributed by atoms with Gasteiger partial charge in [0.25, 0.3) is 0 Å². The van der Waals surface area contributed by atoms with Gasteiger partial charge in [-0.05, 0) is 41.3 Å². The minimum atomic E-state index is 0.745. The van der Waals surface area contributed by atoms with E-state index in [9.17, 15) is 0 Å². The summed E-state index contributed by atoms with van der Waals surface area (Å²) in [5.41, 5.74) is 1.08. The maximum atomic E-state index is 5.28. The summed E-state index contributed by atoms with van der Waals surface area (Å²) in [6.45, 7) is 0. The third-order valence-electron chi connectivity index (χ3n) is 2.62. The van der Waals surface area contributed by atoms with Crippen molar-refractivity contribution in [1.82, 2.24) is 0 Å². The van der Waals surface area contributed by atoms with Gasteiger partial charge in [-0.25, -0.2) is 0 Å². The summed E-state index contributed by atoms with van der Waals surface area (Å²) < 4.78 is 10.5. The molecule has 2 rings (SSSR count). The first-order valence-corrected chi connectivity index (χ1v) is 6.81. The molecule has 2 aromatic carbocycles. The predicted octanol–water partition coefficient (Wildman–Crippen LogP) is 4.47. The summed E-state index contributed by atoms with van der Waals surface area (Å²) in [5.74, 6) is 1.49. The van der Waals surface area contributed by atoms with Crippen LogP contribution in [0.5, 0.6) is 11.5 Å². The van der Waals surface area contributed by atoms with Gasteiger partial charge in [0.15, 0.2) is 11.5 Å². The van der Waals surface area contributed by atoms with Gasteiger partial charge < -0.3 is 9.47 Å². The molecule has 0 aliphatic rings. The topological polar surface area (TPSA) is 18.5 Å². The van der Waals surface area contributed by atoms with Crippen LogP contribution in [0.3, 0.4) is 0 Å². The molecule has 0 unspecified atom stereocenters. The molecule has 3 heteroatoms. The van der Waals surface area contributed by atoms with Gasteiger partial charge in [0.2, 0.25) is 0 Å². The fourth-order valence-corrected chi connectivity index (χ4v) is 2.34. The van der Waals surface area contributed by atoms with Gasteiger partial charge in [-0.3, -0.25) is 0 Å². The molecule has 0 aliphatic carbocycles. The van der Waals surface area contributed by atoms with Crippen LogP contribution in [0.25, 0.3) is 6.08 Å². The van der Waals surface area contributed by atoms with E-state index >= 15 is 0 Å². The van der Waals surface area contributed by atoms with Crippen LogP contribution in [0.1, 0.15) is 5.56 Å². The van der Waals surface area contributed by atoms with Crippen molar-refractivity contribution in [3.63, 3.8) is 0 Å². The molecule has 0 bridgehead atoms. The van der Waals surface area contributed by atoms with Crippen LogP contribution < -0.4 is 9.47 Å². The van der Waals surface area contributed by atoms with Crippen molar-refractivity contribution in [3.05, 3.63) is 59.5 Å². The first-order chi connectivity index (χ1) is 9.33. The standard InChI is InChI=1S/C16H16O2S/c1-17-15-9-8-13(12-16(15)18-2)10-11-19-14-6-4-3-5-7-14/h3-12H,1-2H3/b11-10+. The fraction of sp³-hybridized carbons (Fsp3) is 0.125. The smallest absolute Gasteiger partial charge is 0.161 e. The number of hydrogen-bond donors (Lipinski definition) is 0. The van der Waals surface area contributed by atoms with Crippen molar-refractivity contribution in [3.8, 4) is 11.5 Å². The number of ether oxygens (including phenoxy) is 2. The van der Waals surface area contributed by atoms with Gasteiger partial charge in [-0.15, -0.1) is 0 Å². The van der Waals surface area contributed by atoms with Crippen LogP contribution in [0.15, 0.2) is 58.8 Å². The molecule has 98 valence electrons. The summed E-state index contributed by atoms with van der Waals surface area (Å²) in [5, 5.41) is 2.07. The fourth-order valence-electron chi connectivity index (χ4n) is 1.65. The molecule has 0 aromatic heterocycles. The Labute approximate surface area is 118 Å². The van der Waals surface area contributed by atoms with E-state index in [4.69, 9.17) is 9.47 Å². The van der Waals surface area contributed by atoms with Crippen LogP contribution in [0, 0.1) is 0 Å². The van der Waals surface area contributed by atoms with Crippen molar-refractivity contribution in [2.75, 3.05) is 14.2 Å². The van der Waals surface area contributed by atoms with Crippen molar-refractivity contribution in [2.24, 2.45) is 0 Å². The SMILES string of the molecule is COc1ccc(/C=C/Sc2ccccc2)cc1OC. The molecule has 0 heterocycles. The van der Waals surface area contributed by atoms with Crippen LogP contribution >= 0.6 is 11.8 Å². The Morgan fingerprint density at radius 1 is 0.895 bits per heavy atom. The highest BCUT2D eigenvalue weighted by atomic mass is 32.2. The molecule has 19 heavy (non-hydrogen) atoms. The molecule has 0 amide bonds. The average molecular weight is 272 g/mol. The monoisotopic (exact) mass is 272 g/mol. The molecular formula is C16H16O2S. The lowest BCUT2D eigenvalue weighted by molar-refractivity contribution is 0.355. The summed E-state index contributed by atoms with van der Waals surface area (Å²) in [4.78, 5) is 1.22. The molecule has 0 radical (unpaired) electrons. The van der Waals surface area contributed by atoms with E-state index in [1.165, 1.54) is 4.90 Å². The third-order valence-corrected chi connectivity index (χ3v) is 3.43. The molecule has 0 saturated carbocycles. The largest absolute Gasteiger partial charge is 0.493 e. The lowest BCUT2D eigenvalue weighted by Gasteiger charge is -2.07. The molecular weight excluding hydrogens is 256 g/mol. The van der Waals surface area contributed by atoms with Crippen molar-refractivity contribution < 1.29 is 9.47 Å². The normalized spacial score (nSPS) is 10.6. The second kappa shape index (κ2) is 6.90. The second-order valence-electron chi connectivity index (χ2n) is 3.85. The molecule has 0 fully saturated rings. The quantitative estimate of drug-likeness (QED) is 0.748. The zero-order valence-electron chi connectivity index (χ0n) is 11.0. The van der Waals surface area contributed by atoms with Crippen LogP contribution in [0.4, 0.5) is 0 Å². The van der Waals surface area contributed by atoms with Crippen LogP contribution in [-0.4, -0.2) is 14.2 Å². The highest BCUT2D eigenvalue weighted by Gasteiger charge is 2.02. The number of benzene rings is 2. The van der Waals surface area contributed by atoms with E-state index in [0.29, 0.717) is 0 Å². The van der Waals surface area contributed by atoms with Gasteiger partial charge in [0.1, 0.15) is 0 Å². The maximum Gasteiger partial charge on any atom is 0.161 e. The van der Waals surface area contributed by atoms with E-state index in [-0.39, 0.29) is 0 Å². The molecule has 2 aromatic rings. The number of methoxy groups -OCH3 is 2. The molecule has 0 spiro atoms. The van der Waals surface area contributed by atoms with Gasteiger partial charge in [-0.1, -0.05) is 36.0 Å². The highest BCUT2D eigenvalue weighted by molar-refractivity contribution is 8.02. The first kappa shape index (κ1) is 13.6. The van der Waals surface area contributed by atoms with Gasteiger partial charge in [0.05, 0.1) is 14.2 Å². The molecule has 0 atom stereocenters. The predicted molar refractivity (Wildman–Crippen MR) is 80.9 cm³/mol. The Morgan fingerprint density at radius 2 is 1.63 bits per heavy atom. The Morgan fingerprint density at radius 3 is 2.32 bits per heavy atom. The molecule has 2 nitrogen and oxygen atoms in total. The van der Waals surface area contributed by atoms with Gasteiger partial charge in [-0.2, -0.15) is 0 Å². The lowest BCUT2D eigenvalue weighted by atomic mass is 10.2. The Balaban J connectivity index is 2.07. The van der Waals surface area contributed by atoms with Crippen LogP contribution in [-0.2, 0) is 0 Å². The Kier molecular flexibility index (Phi) is 4.93. The van der Waals surface area contributed by atoms with E-state index < -0.39 is 0 Å². The zero-order valence-corrected chi connectivity index (χ0v) is 11.8. The number of hydrogen-bond acceptors (Lipinski definition) is 3. The van der Waals surface area contributed by atoms with Crippen LogP contribution in [0.2, 0.25) is 0 Å². The second-order valence-corrected chi connectivity index (χ2v) is 4.83. The molecule has 0 aliphatic heterocycles. The molecule has 0 N–H and O–H groups in total. The minimum Gasteiger partial charge on any atom is -0.493 e. The zero-order chi connectivity index (χ0) is 13.5. The third kappa shape index (κ3) is 3.80. The average Bonchev–Trinajstić information content (AvgIpc) is 2.48. The van der Waals surface area contributed by atoms with E-state index in [1.807, 2.05) is 36.4 Å². The maximum absolute atomic E-state index is 5.28. The summed E-state index contributed by atoms with van der Waals surface area (Å²) >= 11 is 1.69. The Hall–Kier alpha value is -1.87. The summed E-state index contributed by atoms with van der Waals surface area (Å²) in [6.07, 6.45) is 2.06. The van der Waals surface area contributed by atoms with Crippen molar-refractivity contribution >= 4 is 17.8 Å². The first-order valence-electron chi connectivity index (χ1n) is 5.94.